The molecule has 0 atom stereocenters. The van der Waals surface area contributed by atoms with Crippen molar-refractivity contribution in [1.82, 2.24) is 0 Å². The van der Waals surface area contributed by atoms with Crippen LogP contribution >= 0.6 is 0 Å². The van der Waals surface area contributed by atoms with Crippen molar-refractivity contribution >= 4 is 0 Å². The first-order valence-electron chi connectivity index (χ1n) is 13.6. The van der Waals surface area contributed by atoms with Crippen molar-refractivity contribution in [3.05, 3.63) is 64.2 Å². The summed E-state index contributed by atoms with van der Waals surface area (Å²) in [6.07, 6.45) is 8.15. The summed E-state index contributed by atoms with van der Waals surface area (Å²) in [7, 11) is 0. The van der Waals surface area contributed by atoms with Gasteiger partial charge in [0, 0.05) is 6.61 Å². The van der Waals surface area contributed by atoms with E-state index in [1.807, 2.05) is 6.92 Å². The molecule has 0 radical (unpaired) electrons. The maximum Gasteiger partial charge on any atom is 0.200 e. The molecule has 2 aliphatic rings. The molecule has 0 bridgehead atoms. The first-order valence-corrected chi connectivity index (χ1v) is 13.6. The SMILES string of the molecule is CCOc1ccc(C2CCC(CCc3ccc(C4CCC(OCC)CC4)c(F)c3F)CC2)c(F)c1F. The van der Waals surface area contributed by atoms with Gasteiger partial charge in [0.1, 0.15) is 0 Å². The highest BCUT2D eigenvalue weighted by atomic mass is 19.2. The van der Waals surface area contributed by atoms with Gasteiger partial charge in [-0.1, -0.05) is 18.2 Å². The van der Waals surface area contributed by atoms with Crippen LogP contribution in [0, 0.1) is 29.2 Å². The van der Waals surface area contributed by atoms with Crippen molar-refractivity contribution in [3.8, 4) is 5.75 Å². The Morgan fingerprint density at radius 1 is 0.667 bits per heavy atom. The molecule has 0 heterocycles. The maximum absolute atomic E-state index is 15.0. The Morgan fingerprint density at radius 3 is 1.86 bits per heavy atom. The standard InChI is InChI=1S/C30H38F4O2/c1-3-35-23-14-11-21(12-15-23)24-16-13-22(27(31)28(24)32)10-7-19-5-8-20(9-6-19)25-17-18-26(36-4-2)30(34)29(25)33/h13,16-21,23H,3-12,14-15H2,1-2H3. The summed E-state index contributed by atoms with van der Waals surface area (Å²) in [5.74, 6) is -2.79. The lowest BCUT2D eigenvalue weighted by Gasteiger charge is -2.30. The zero-order valence-corrected chi connectivity index (χ0v) is 21.4. The van der Waals surface area contributed by atoms with Crippen LogP contribution in [0.4, 0.5) is 17.6 Å². The normalized spacial score (nSPS) is 24.6. The number of aryl methyl sites for hydroxylation is 1. The highest BCUT2D eigenvalue weighted by molar-refractivity contribution is 5.33. The maximum atomic E-state index is 15.0. The topological polar surface area (TPSA) is 18.5 Å². The average Bonchev–Trinajstić information content (AvgIpc) is 2.89. The van der Waals surface area contributed by atoms with Gasteiger partial charge in [0.05, 0.1) is 12.7 Å². The third-order valence-electron chi connectivity index (χ3n) is 8.19. The van der Waals surface area contributed by atoms with Crippen molar-refractivity contribution in [2.75, 3.05) is 13.2 Å². The number of hydrogen-bond acceptors (Lipinski definition) is 2. The van der Waals surface area contributed by atoms with E-state index in [-0.39, 0.29) is 30.3 Å². The van der Waals surface area contributed by atoms with Crippen LogP contribution in [0.1, 0.15) is 100 Å². The molecule has 2 saturated carbocycles. The average molecular weight is 507 g/mol. The van der Waals surface area contributed by atoms with Crippen molar-refractivity contribution in [2.45, 2.75) is 96.0 Å². The van der Waals surface area contributed by atoms with Crippen LogP contribution in [0.2, 0.25) is 0 Å². The molecule has 6 heteroatoms. The van der Waals surface area contributed by atoms with Gasteiger partial charge in [0.15, 0.2) is 23.2 Å². The molecular weight excluding hydrogens is 468 g/mol. The van der Waals surface area contributed by atoms with Gasteiger partial charge < -0.3 is 9.47 Å². The van der Waals surface area contributed by atoms with E-state index in [9.17, 15) is 17.6 Å². The molecule has 4 rings (SSSR count). The molecule has 0 aromatic heterocycles. The third-order valence-corrected chi connectivity index (χ3v) is 8.19. The lowest BCUT2D eigenvalue weighted by molar-refractivity contribution is 0.0325. The molecule has 2 aliphatic carbocycles. The van der Waals surface area contributed by atoms with Crippen LogP contribution in [-0.4, -0.2) is 19.3 Å². The highest BCUT2D eigenvalue weighted by Crippen LogP contribution is 2.41. The molecule has 0 N–H and O–H groups in total. The van der Waals surface area contributed by atoms with Gasteiger partial charge in [-0.3, -0.25) is 0 Å². The number of hydrogen-bond donors (Lipinski definition) is 0. The van der Waals surface area contributed by atoms with Crippen LogP contribution in [0.15, 0.2) is 24.3 Å². The smallest absolute Gasteiger partial charge is 0.200 e. The molecule has 0 saturated heterocycles. The Balaban J connectivity index is 1.30. The fourth-order valence-electron chi connectivity index (χ4n) is 6.14. The largest absolute Gasteiger partial charge is 0.491 e. The van der Waals surface area contributed by atoms with Crippen LogP contribution in [0.3, 0.4) is 0 Å². The second-order valence-electron chi connectivity index (χ2n) is 10.3. The number of benzene rings is 2. The Hall–Kier alpha value is -2.08. The van der Waals surface area contributed by atoms with Gasteiger partial charge in [-0.25, -0.2) is 13.2 Å². The second-order valence-corrected chi connectivity index (χ2v) is 10.3. The molecule has 2 fully saturated rings. The Labute approximate surface area is 212 Å². The van der Waals surface area contributed by atoms with E-state index < -0.39 is 23.3 Å². The molecule has 0 unspecified atom stereocenters. The summed E-state index contributed by atoms with van der Waals surface area (Å²) in [4.78, 5) is 0. The molecule has 0 aliphatic heterocycles. The van der Waals surface area contributed by atoms with E-state index in [4.69, 9.17) is 9.47 Å². The van der Waals surface area contributed by atoms with Crippen molar-refractivity contribution < 1.29 is 27.0 Å². The summed E-state index contributed by atoms with van der Waals surface area (Å²) in [5, 5.41) is 0. The third kappa shape index (κ3) is 6.07. The van der Waals surface area contributed by atoms with E-state index in [0.29, 0.717) is 35.6 Å². The molecule has 36 heavy (non-hydrogen) atoms. The minimum atomic E-state index is -0.917. The Kier molecular flexibility index (Phi) is 9.32. The van der Waals surface area contributed by atoms with E-state index in [1.165, 1.54) is 6.07 Å². The number of ether oxygens (including phenoxy) is 2. The van der Waals surface area contributed by atoms with Gasteiger partial charge in [-0.05, 0) is 119 Å². The zero-order valence-electron chi connectivity index (χ0n) is 21.4. The summed E-state index contributed by atoms with van der Waals surface area (Å²) in [5.41, 5.74) is 1.34. The lowest BCUT2D eigenvalue weighted by atomic mass is 9.76. The van der Waals surface area contributed by atoms with E-state index in [1.54, 1.807) is 25.1 Å². The molecule has 0 amide bonds. The Morgan fingerprint density at radius 2 is 1.25 bits per heavy atom. The molecular formula is C30H38F4O2. The van der Waals surface area contributed by atoms with Gasteiger partial charge in [-0.2, -0.15) is 4.39 Å². The quantitative estimate of drug-likeness (QED) is 0.317. The predicted molar refractivity (Wildman–Crippen MR) is 134 cm³/mol. The number of rotatable bonds is 9. The Bertz CT molecular complexity index is 1010. The minimum absolute atomic E-state index is 0.0299. The molecule has 2 aromatic rings. The van der Waals surface area contributed by atoms with Crippen molar-refractivity contribution in [3.63, 3.8) is 0 Å². The van der Waals surface area contributed by atoms with Crippen LogP contribution in [0.25, 0.3) is 0 Å². The summed E-state index contributed by atoms with van der Waals surface area (Å²) >= 11 is 0. The molecule has 2 nitrogen and oxygen atoms in total. The number of halogens is 4. The predicted octanol–water partition coefficient (Wildman–Crippen LogP) is 8.61. The second kappa shape index (κ2) is 12.4. The highest BCUT2D eigenvalue weighted by Gasteiger charge is 2.28. The fourth-order valence-corrected chi connectivity index (χ4v) is 6.14. The lowest BCUT2D eigenvalue weighted by Crippen LogP contribution is -2.21. The molecule has 0 spiro atoms. The fraction of sp³-hybridized carbons (Fsp3) is 0.600. The zero-order chi connectivity index (χ0) is 25.7. The minimum Gasteiger partial charge on any atom is -0.491 e. The first kappa shape index (κ1) is 27.0. The summed E-state index contributed by atoms with van der Waals surface area (Å²) in [6.45, 7) is 4.68. The molecule has 198 valence electrons. The van der Waals surface area contributed by atoms with Crippen LogP contribution in [-0.2, 0) is 11.2 Å². The molecule has 2 aromatic carbocycles. The van der Waals surface area contributed by atoms with E-state index in [0.717, 1.165) is 57.8 Å². The van der Waals surface area contributed by atoms with E-state index in [2.05, 4.69) is 0 Å². The van der Waals surface area contributed by atoms with Crippen molar-refractivity contribution in [2.24, 2.45) is 5.92 Å². The van der Waals surface area contributed by atoms with Gasteiger partial charge in [-0.15, -0.1) is 0 Å². The van der Waals surface area contributed by atoms with Crippen molar-refractivity contribution in [1.29, 1.82) is 0 Å². The summed E-state index contributed by atoms with van der Waals surface area (Å²) in [6, 6.07) is 6.68. The van der Waals surface area contributed by atoms with E-state index >= 15 is 0 Å². The monoisotopic (exact) mass is 506 g/mol. The summed E-state index contributed by atoms with van der Waals surface area (Å²) < 4.78 is 69.6. The van der Waals surface area contributed by atoms with Gasteiger partial charge >= 0.3 is 0 Å². The first-order chi connectivity index (χ1) is 17.4. The van der Waals surface area contributed by atoms with Crippen LogP contribution < -0.4 is 4.74 Å². The van der Waals surface area contributed by atoms with Crippen LogP contribution in [0.5, 0.6) is 5.75 Å². The van der Waals surface area contributed by atoms with Gasteiger partial charge in [0.25, 0.3) is 0 Å². The van der Waals surface area contributed by atoms with Gasteiger partial charge in [0.2, 0.25) is 5.82 Å².